The fourth-order valence-electron chi connectivity index (χ4n) is 0.138. The third-order valence-electron chi connectivity index (χ3n) is 0.267. The number of hydrogen-bond acceptors (Lipinski definition) is 9. The van der Waals surface area contributed by atoms with Crippen LogP contribution in [0.4, 0.5) is 0 Å². The van der Waals surface area contributed by atoms with Crippen molar-refractivity contribution >= 4 is 39.6 Å². The van der Waals surface area contributed by atoms with Crippen molar-refractivity contribution in [3.63, 3.8) is 0 Å². The van der Waals surface area contributed by atoms with Gasteiger partial charge in [0.05, 0.1) is 15.6 Å². The summed E-state index contributed by atoms with van der Waals surface area (Å²) in [6, 6.07) is 0. The van der Waals surface area contributed by atoms with Crippen molar-refractivity contribution in [1.82, 2.24) is 0 Å². The molecule has 0 unspecified atom stereocenters. The maximum Gasteiger partial charge on any atom is 4.00 e. The van der Waals surface area contributed by atoms with Crippen LogP contribution in [0.2, 0.25) is 0 Å². The Morgan fingerprint density at radius 1 is 1.00 bits per heavy atom. The van der Waals surface area contributed by atoms with E-state index in [1.165, 1.54) is 0 Å². The molecule has 0 spiro atoms. The van der Waals surface area contributed by atoms with Crippen LogP contribution in [0.15, 0.2) is 0 Å². The maximum atomic E-state index is 9.32. The van der Waals surface area contributed by atoms with Crippen LogP contribution in [0.3, 0.4) is 0 Å². The van der Waals surface area contributed by atoms with Crippen molar-refractivity contribution < 1.29 is 48.0 Å². The third-order valence-corrected chi connectivity index (χ3v) is 2.08. The van der Waals surface area contributed by atoms with Gasteiger partial charge in [-0.05, 0) is 0 Å². The van der Waals surface area contributed by atoms with Gasteiger partial charge in [-0.2, -0.15) is 0 Å². The van der Waals surface area contributed by atoms with E-state index in [4.69, 9.17) is 10.5 Å². The van der Waals surface area contributed by atoms with Crippen molar-refractivity contribution in [2.75, 3.05) is 0 Å². The van der Waals surface area contributed by atoms with Crippen molar-refractivity contribution in [2.24, 2.45) is 0 Å². The minimum absolute atomic E-state index is 0. The molecule has 0 saturated carbocycles. The molecule has 85 valence electrons. The van der Waals surface area contributed by atoms with E-state index in [1.54, 1.807) is 9.94 Å². The van der Waals surface area contributed by atoms with Gasteiger partial charge in [0.15, 0.2) is 0 Å². The molecule has 0 heterocycles. The summed E-state index contributed by atoms with van der Waals surface area (Å²) in [5.74, 6) is 0. The number of phosphoric acid groups is 2. The first kappa shape index (κ1) is 20.9. The molecule has 0 atom stereocenters. The molecule has 0 aromatic carbocycles. The van der Waals surface area contributed by atoms with Crippen LogP contribution in [-0.2, 0) is 28.4 Å². The van der Waals surface area contributed by atoms with Gasteiger partial charge in [-0.1, -0.05) is 0 Å². The molecule has 0 saturated heterocycles. The maximum absolute atomic E-state index is 9.32. The summed E-state index contributed by atoms with van der Waals surface area (Å²) in [5, 5.41) is 15.1. The summed E-state index contributed by atoms with van der Waals surface area (Å²) in [6.45, 7) is 0. The van der Waals surface area contributed by atoms with E-state index in [1.807, 2.05) is 0 Å². The molecule has 0 aliphatic carbocycles. The first-order chi connectivity index (χ1) is 6.12. The van der Waals surface area contributed by atoms with Crippen LogP contribution in [-0.4, -0.2) is 23.9 Å². The number of rotatable bonds is 2. The van der Waals surface area contributed by atoms with Gasteiger partial charge in [0.2, 0.25) is 0 Å². The predicted octanol–water partition coefficient (Wildman–Crippen LogP) is -3.69. The van der Waals surface area contributed by atoms with Gasteiger partial charge in [-0.15, -0.1) is 0 Å². The minimum atomic E-state index is -5.68. The van der Waals surface area contributed by atoms with E-state index in [0.29, 0.717) is 15.0 Å². The molecule has 0 rings (SSSR count). The SMILES string of the molecule is N#[C][Cu][C]#N.O=P([O-])([O-])OP(=O)([O-])[O-].[Sn+4]. The van der Waals surface area contributed by atoms with E-state index >= 15 is 0 Å². The molecule has 0 radical (unpaired) electrons. The van der Waals surface area contributed by atoms with Crippen molar-refractivity contribution in [3.8, 4) is 9.94 Å². The first-order valence-corrected chi connectivity index (χ1v) is 6.07. The Hall–Kier alpha value is 0.558. The van der Waals surface area contributed by atoms with Crippen molar-refractivity contribution in [1.29, 1.82) is 10.5 Å². The van der Waals surface area contributed by atoms with Gasteiger partial charge in [-0.25, -0.2) is 0 Å². The standard InChI is InChI=1S/2CN.Cu.H4O7P2.Sn/c2*1-2;;1-8(2,3)7-9(4,5)6;/h;;;(H2,1,2,3)(H2,4,5,6);/q;;;;+4/p-4. The van der Waals surface area contributed by atoms with E-state index in [0.717, 1.165) is 0 Å². The van der Waals surface area contributed by atoms with Gasteiger partial charge in [-0.3, -0.25) is 0 Å². The number of nitrogens with zero attached hydrogens (tertiary/aromatic N) is 2. The largest absolute Gasteiger partial charge is 4.00 e. The summed E-state index contributed by atoms with van der Waals surface area (Å²) in [6.07, 6.45) is 0. The Bertz CT molecular complexity index is 304. The molecular formula is C2CuN2O7P2Sn. The second kappa shape index (κ2) is 9.76. The fraction of sp³-hybridized carbons (Fsp3) is 0. The second-order valence-corrected chi connectivity index (χ2v) is 4.28. The van der Waals surface area contributed by atoms with Crippen molar-refractivity contribution in [2.45, 2.75) is 0 Å². The van der Waals surface area contributed by atoms with Crippen LogP contribution >= 0.6 is 15.6 Å². The number of hydrogen-bond donors (Lipinski definition) is 0. The molecule has 0 aliphatic rings. The Balaban J connectivity index is -0.000000208. The summed E-state index contributed by atoms with van der Waals surface area (Å²) >= 11 is 0.646. The van der Waals surface area contributed by atoms with Gasteiger partial charge in [0.1, 0.15) is 0 Å². The van der Waals surface area contributed by atoms with E-state index < -0.39 is 15.6 Å². The zero-order chi connectivity index (χ0) is 11.8. The summed E-state index contributed by atoms with van der Waals surface area (Å²) in [7, 11) is -11.4. The smallest absolute Gasteiger partial charge is 0.790 e. The second-order valence-electron chi connectivity index (χ2n) is 1.19. The quantitative estimate of drug-likeness (QED) is 0.328. The van der Waals surface area contributed by atoms with E-state index in [-0.39, 0.29) is 23.9 Å². The molecule has 0 amide bonds. The van der Waals surface area contributed by atoms with Crippen LogP contribution < -0.4 is 19.6 Å². The molecule has 0 aromatic heterocycles. The summed E-state index contributed by atoms with van der Waals surface area (Å²) < 4.78 is 21.2. The van der Waals surface area contributed by atoms with Crippen molar-refractivity contribution in [3.05, 3.63) is 0 Å². The summed E-state index contributed by atoms with van der Waals surface area (Å²) in [4.78, 5) is 40.4. The normalized spacial score (nSPS) is 10.0. The zero-order valence-corrected chi connectivity index (χ0v) is 12.0. The summed E-state index contributed by atoms with van der Waals surface area (Å²) in [5.41, 5.74) is 0. The first-order valence-electron chi connectivity index (χ1n) is 2.21. The number of nitriles is 2. The zero-order valence-electron chi connectivity index (χ0n) is 6.45. The fourth-order valence-corrected chi connectivity index (χ4v) is 1.16. The van der Waals surface area contributed by atoms with E-state index in [9.17, 15) is 28.7 Å². The molecule has 0 N–H and O–H groups in total. The Labute approximate surface area is 108 Å². The average Bonchev–Trinajstić information content (AvgIpc) is 1.81. The Kier molecular flexibility index (Phi) is 13.6. The molecule has 0 bridgehead atoms. The Morgan fingerprint density at radius 3 is 1.27 bits per heavy atom. The topological polar surface area (TPSA) is 183 Å². The molecular weight excluding hydrogens is 408 g/mol. The molecule has 0 fully saturated rings. The van der Waals surface area contributed by atoms with Gasteiger partial charge in [0, 0.05) is 0 Å². The average molecular weight is 408 g/mol. The monoisotopic (exact) mass is 409 g/mol. The van der Waals surface area contributed by atoms with Crippen LogP contribution in [0.1, 0.15) is 0 Å². The third kappa shape index (κ3) is 31.3. The molecule has 0 aliphatic heterocycles. The van der Waals surface area contributed by atoms with Gasteiger partial charge in [0.25, 0.3) is 0 Å². The molecule has 13 heteroatoms. The van der Waals surface area contributed by atoms with Crippen LogP contribution in [0.5, 0.6) is 0 Å². The van der Waals surface area contributed by atoms with E-state index in [2.05, 4.69) is 4.31 Å². The Morgan fingerprint density at radius 2 is 1.27 bits per heavy atom. The molecule has 0 aromatic rings. The molecule has 9 nitrogen and oxygen atoms in total. The van der Waals surface area contributed by atoms with Crippen LogP contribution in [0, 0.1) is 20.5 Å². The van der Waals surface area contributed by atoms with Gasteiger partial charge >= 0.3 is 59.3 Å². The predicted molar refractivity (Wildman–Crippen MR) is 33.3 cm³/mol. The van der Waals surface area contributed by atoms with Crippen LogP contribution in [0.25, 0.3) is 0 Å². The minimum Gasteiger partial charge on any atom is -0.790 e. The molecule has 15 heavy (non-hydrogen) atoms. The van der Waals surface area contributed by atoms with Gasteiger partial charge < -0.3 is 33.0 Å².